The van der Waals surface area contributed by atoms with E-state index in [4.69, 9.17) is 33.5 Å². The molecule has 1 saturated heterocycles. The van der Waals surface area contributed by atoms with Crippen LogP contribution in [-0.2, 0) is 0 Å². The summed E-state index contributed by atoms with van der Waals surface area (Å²) < 4.78 is 8.32. The smallest absolute Gasteiger partial charge is 0.174 e. The Labute approximate surface area is 245 Å². The molecule has 3 aromatic carbocycles. The molecule has 0 amide bonds. The molecule has 0 aliphatic carbocycles. The Bertz CT molecular complexity index is 1670. The molecule has 0 radical (unpaired) electrons. The van der Waals surface area contributed by atoms with Gasteiger partial charge in [-0.25, -0.2) is 0 Å². The van der Waals surface area contributed by atoms with Gasteiger partial charge >= 0.3 is 0 Å². The third kappa shape index (κ3) is 4.74. The molecule has 1 N–H and O–H groups in total. The van der Waals surface area contributed by atoms with Crippen LogP contribution in [0.4, 0.5) is 5.69 Å². The van der Waals surface area contributed by atoms with Crippen molar-refractivity contribution in [3.8, 4) is 17.2 Å². The number of para-hydroxylation sites is 1. The third-order valence-electron chi connectivity index (χ3n) is 7.46. The first-order valence-corrected chi connectivity index (χ1v) is 14.0. The van der Waals surface area contributed by atoms with Gasteiger partial charge in [0.05, 0.1) is 17.8 Å². The van der Waals surface area contributed by atoms with Crippen molar-refractivity contribution in [1.29, 1.82) is 0 Å². The number of hydrogen-bond donors (Lipinski definition) is 1. The standard InChI is InChI=1S/C33H29ClN4OS/c1-21-20-27(23(3)37(21)30-14-9-12-28(34)22(30)2)32-31(29-13-7-8-19-35-29)36-33(40)38(32)24-15-17-26(18-16-24)39-25-10-5-4-6-11-25/h4-20,31-32H,1-3H3,(H,36,40). The normalized spacial score (nSPS) is 16.7. The molecular formula is C33H29ClN4OS. The highest BCUT2D eigenvalue weighted by molar-refractivity contribution is 7.80. The molecule has 7 heteroatoms. The molecular weight excluding hydrogens is 536 g/mol. The summed E-state index contributed by atoms with van der Waals surface area (Å²) in [5.41, 5.74) is 7.46. The monoisotopic (exact) mass is 564 g/mol. The van der Waals surface area contributed by atoms with Gasteiger partial charge < -0.3 is 19.5 Å². The summed E-state index contributed by atoms with van der Waals surface area (Å²) in [6.45, 7) is 6.35. The Hall–Kier alpha value is -4.13. The molecule has 1 aliphatic heterocycles. The van der Waals surface area contributed by atoms with E-state index < -0.39 is 0 Å². The van der Waals surface area contributed by atoms with E-state index in [1.165, 1.54) is 5.56 Å². The van der Waals surface area contributed by atoms with Gasteiger partial charge in [-0.3, -0.25) is 4.98 Å². The van der Waals surface area contributed by atoms with Crippen LogP contribution in [0.2, 0.25) is 5.02 Å². The van der Waals surface area contributed by atoms with Crippen molar-refractivity contribution in [2.24, 2.45) is 0 Å². The van der Waals surface area contributed by atoms with E-state index in [1.54, 1.807) is 0 Å². The number of ether oxygens (including phenoxy) is 1. The van der Waals surface area contributed by atoms with Gasteiger partial charge in [0.1, 0.15) is 11.5 Å². The topological polar surface area (TPSA) is 42.3 Å². The highest BCUT2D eigenvalue weighted by Crippen LogP contribution is 2.44. The fourth-order valence-corrected chi connectivity index (χ4v) is 6.06. The van der Waals surface area contributed by atoms with Crippen molar-refractivity contribution < 1.29 is 4.74 Å². The van der Waals surface area contributed by atoms with E-state index in [0.717, 1.165) is 50.5 Å². The Balaban J connectivity index is 1.44. The molecule has 0 spiro atoms. The predicted molar refractivity (Wildman–Crippen MR) is 166 cm³/mol. The van der Waals surface area contributed by atoms with Crippen molar-refractivity contribution in [1.82, 2.24) is 14.9 Å². The van der Waals surface area contributed by atoms with E-state index in [2.05, 4.69) is 59.8 Å². The largest absolute Gasteiger partial charge is 0.457 e. The Morgan fingerprint density at radius 1 is 0.850 bits per heavy atom. The molecule has 0 bridgehead atoms. The van der Waals surface area contributed by atoms with Gasteiger partial charge in [-0.05, 0) is 111 Å². The van der Waals surface area contributed by atoms with Crippen LogP contribution in [0.3, 0.4) is 0 Å². The highest BCUT2D eigenvalue weighted by atomic mass is 35.5. The van der Waals surface area contributed by atoms with Gasteiger partial charge in [-0.15, -0.1) is 0 Å². The number of rotatable bonds is 6. The van der Waals surface area contributed by atoms with Crippen molar-refractivity contribution in [3.63, 3.8) is 0 Å². The Morgan fingerprint density at radius 2 is 1.57 bits per heavy atom. The van der Waals surface area contributed by atoms with Gasteiger partial charge in [0.2, 0.25) is 0 Å². The lowest BCUT2D eigenvalue weighted by molar-refractivity contribution is 0.482. The van der Waals surface area contributed by atoms with Crippen LogP contribution in [0.5, 0.6) is 11.5 Å². The molecule has 1 aliphatic rings. The summed E-state index contributed by atoms with van der Waals surface area (Å²) in [7, 11) is 0. The maximum Gasteiger partial charge on any atom is 0.174 e. The lowest BCUT2D eigenvalue weighted by Gasteiger charge is -2.28. The number of anilines is 1. The van der Waals surface area contributed by atoms with Crippen molar-refractivity contribution in [3.05, 3.63) is 136 Å². The number of benzene rings is 3. The first-order chi connectivity index (χ1) is 19.4. The van der Waals surface area contributed by atoms with E-state index in [-0.39, 0.29) is 12.1 Å². The number of nitrogens with zero attached hydrogens (tertiary/aromatic N) is 3. The Kier molecular flexibility index (Phi) is 7.05. The van der Waals surface area contributed by atoms with Crippen molar-refractivity contribution in [2.45, 2.75) is 32.9 Å². The van der Waals surface area contributed by atoms with Crippen LogP contribution < -0.4 is 15.0 Å². The molecule has 2 aromatic heterocycles. The van der Waals surface area contributed by atoms with Gasteiger partial charge in [-0.2, -0.15) is 0 Å². The molecule has 5 aromatic rings. The summed E-state index contributed by atoms with van der Waals surface area (Å²) in [6, 6.07) is 31.9. The quantitative estimate of drug-likeness (QED) is 0.210. The minimum Gasteiger partial charge on any atom is -0.457 e. The lowest BCUT2D eigenvalue weighted by Crippen LogP contribution is -2.29. The van der Waals surface area contributed by atoms with Crippen LogP contribution in [-0.4, -0.2) is 14.7 Å². The number of aryl methyl sites for hydroxylation is 1. The van der Waals surface area contributed by atoms with Crippen LogP contribution in [0.15, 0.2) is 103 Å². The van der Waals surface area contributed by atoms with Crippen LogP contribution >= 0.6 is 23.8 Å². The number of hydrogen-bond acceptors (Lipinski definition) is 3. The number of thiocarbonyl (C=S) groups is 1. The summed E-state index contributed by atoms with van der Waals surface area (Å²) >= 11 is 12.5. The van der Waals surface area contributed by atoms with Crippen molar-refractivity contribution >= 4 is 34.6 Å². The summed E-state index contributed by atoms with van der Waals surface area (Å²) in [5.74, 6) is 1.56. The molecule has 200 valence electrons. The average Bonchev–Trinajstić information content (AvgIpc) is 3.46. The number of halogens is 1. The van der Waals surface area contributed by atoms with Gasteiger partial charge in [0.25, 0.3) is 0 Å². The summed E-state index contributed by atoms with van der Waals surface area (Å²) in [4.78, 5) is 6.90. The van der Waals surface area contributed by atoms with E-state index in [1.807, 2.05) is 79.0 Å². The number of aromatic nitrogens is 2. The van der Waals surface area contributed by atoms with Crippen molar-refractivity contribution in [2.75, 3.05) is 4.90 Å². The second-order valence-electron chi connectivity index (χ2n) is 9.95. The van der Waals surface area contributed by atoms with Gasteiger partial charge in [0, 0.05) is 34.0 Å². The molecule has 3 heterocycles. The zero-order valence-corrected chi connectivity index (χ0v) is 24.1. The van der Waals surface area contributed by atoms with Gasteiger partial charge in [0.15, 0.2) is 5.11 Å². The van der Waals surface area contributed by atoms with Crippen LogP contribution in [0, 0.1) is 20.8 Å². The van der Waals surface area contributed by atoms with Gasteiger partial charge in [-0.1, -0.05) is 41.9 Å². The highest BCUT2D eigenvalue weighted by Gasteiger charge is 2.42. The number of nitrogens with one attached hydrogen (secondary N) is 1. The number of pyridine rings is 1. The molecule has 1 fully saturated rings. The van der Waals surface area contributed by atoms with E-state index in [0.29, 0.717) is 5.11 Å². The minimum absolute atomic E-state index is 0.122. The maximum atomic E-state index is 6.52. The fourth-order valence-electron chi connectivity index (χ4n) is 5.54. The molecule has 6 rings (SSSR count). The summed E-state index contributed by atoms with van der Waals surface area (Å²) in [6.07, 6.45) is 1.83. The summed E-state index contributed by atoms with van der Waals surface area (Å²) in [5, 5.41) is 4.98. The average molecular weight is 565 g/mol. The third-order valence-corrected chi connectivity index (χ3v) is 8.18. The Morgan fingerprint density at radius 3 is 2.30 bits per heavy atom. The van der Waals surface area contributed by atoms with Crippen LogP contribution in [0.1, 0.15) is 40.3 Å². The SMILES string of the molecule is Cc1c(Cl)cccc1-n1c(C)cc(C2C(c3ccccn3)NC(=S)N2c2ccc(Oc3ccccc3)cc2)c1C. The second-order valence-corrected chi connectivity index (χ2v) is 10.7. The molecule has 0 saturated carbocycles. The molecule has 5 nitrogen and oxygen atoms in total. The molecule has 40 heavy (non-hydrogen) atoms. The molecule has 2 unspecified atom stereocenters. The minimum atomic E-state index is -0.136. The lowest BCUT2D eigenvalue weighted by atomic mass is 9.96. The fraction of sp³-hybridized carbons (Fsp3) is 0.152. The second kappa shape index (κ2) is 10.8. The zero-order chi connectivity index (χ0) is 27.8. The zero-order valence-electron chi connectivity index (χ0n) is 22.5. The first kappa shape index (κ1) is 26.1. The molecule has 2 atom stereocenters. The van der Waals surface area contributed by atoms with E-state index >= 15 is 0 Å². The predicted octanol–water partition coefficient (Wildman–Crippen LogP) is 8.42. The first-order valence-electron chi connectivity index (χ1n) is 13.2. The van der Waals surface area contributed by atoms with E-state index in [9.17, 15) is 0 Å². The van der Waals surface area contributed by atoms with Crippen LogP contribution in [0.25, 0.3) is 5.69 Å². The maximum absolute atomic E-state index is 6.52.